The molecule has 1 amide bonds. The van der Waals surface area contributed by atoms with Crippen LogP contribution in [0.5, 0.6) is 5.75 Å². The normalized spacial score (nSPS) is 12.7. The van der Waals surface area contributed by atoms with E-state index >= 15 is 0 Å². The average Bonchev–Trinajstić information content (AvgIpc) is 2.64. The second-order valence-electron chi connectivity index (χ2n) is 5.84. The molecule has 0 aliphatic heterocycles. The van der Waals surface area contributed by atoms with Crippen LogP contribution in [-0.2, 0) is 20.7 Å². The molecule has 2 aromatic rings. The zero-order valence-corrected chi connectivity index (χ0v) is 16.6. The molecule has 0 bridgehead atoms. The van der Waals surface area contributed by atoms with Gasteiger partial charge in [-0.1, -0.05) is 53.5 Å². The SMILES string of the molecule is CCOC(=O)C(Cc1ccccc1)NC(=O)C(C)Oc1ccc(Cl)cc1Cl. The van der Waals surface area contributed by atoms with Crippen LogP contribution in [-0.4, -0.2) is 30.6 Å². The van der Waals surface area contributed by atoms with E-state index in [2.05, 4.69) is 5.32 Å². The first-order valence-electron chi connectivity index (χ1n) is 8.53. The predicted octanol–water partition coefficient (Wildman–Crippen LogP) is 4.05. The molecule has 0 aliphatic carbocycles. The van der Waals surface area contributed by atoms with Crippen LogP contribution < -0.4 is 10.1 Å². The average molecular weight is 410 g/mol. The fraction of sp³-hybridized carbons (Fsp3) is 0.300. The highest BCUT2D eigenvalue weighted by atomic mass is 35.5. The van der Waals surface area contributed by atoms with Crippen molar-refractivity contribution >= 4 is 35.1 Å². The van der Waals surface area contributed by atoms with Gasteiger partial charge in [-0.2, -0.15) is 0 Å². The molecule has 0 fully saturated rings. The van der Waals surface area contributed by atoms with Crippen molar-refractivity contribution in [3.63, 3.8) is 0 Å². The number of esters is 1. The van der Waals surface area contributed by atoms with Gasteiger partial charge in [0.25, 0.3) is 5.91 Å². The van der Waals surface area contributed by atoms with E-state index in [0.717, 1.165) is 5.56 Å². The molecule has 144 valence electrons. The smallest absolute Gasteiger partial charge is 0.328 e. The number of hydrogen-bond acceptors (Lipinski definition) is 4. The van der Waals surface area contributed by atoms with Crippen molar-refractivity contribution in [3.05, 3.63) is 64.1 Å². The summed E-state index contributed by atoms with van der Waals surface area (Å²) >= 11 is 11.9. The van der Waals surface area contributed by atoms with Crippen LogP contribution in [0.15, 0.2) is 48.5 Å². The van der Waals surface area contributed by atoms with Crippen LogP contribution in [0.4, 0.5) is 0 Å². The van der Waals surface area contributed by atoms with Crippen molar-refractivity contribution in [2.24, 2.45) is 0 Å². The lowest BCUT2D eigenvalue weighted by Crippen LogP contribution is -2.48. The Labute approximate surface area is 168 Å². The standard InChI is InChI=1S/C20H21Cl2NO4/c1-3-26-20(25)17(11-14-7-5-4-6-8-14)23-19(24)13(2)27-18-10-9-15(21)12-16(18)22/h4-10,12-13,17H,3,11H2,1-2H3,(H,23,24). The third-order valence-corrected chi connectivity index (χ3v) is 4.27. The number of carbonyl (C=O) groups is 2. The van der Waals surface area contributed by atoms with Crippen molar-refractivity contribution in [3.8, 4) is 5.75 Å². The summed E-state index contributed by atoms with van der Waals surface area (Å²) in [7, 11) is 0. The lowest BCUT2D eigenvalue weighted by Gasteiger charge is -2.21. The van der Waals surface area contributed by atoms with E-state index < -0.39 is 24.0 Å². The molecule has 2 unspecified atom stereocenters. The Hall–Kier alpha value is -2.24. The highest BCUT2D eigenvalue weighted by Crippen LogP contribution is 2.28. The molecule has 0 aliphatic rings. The highest BCUT2D eigenvalue weighted by molar-refractivity contribution is 6.35. The van der Waals surface area contributed by atoms with E-state index in [-0.39, 0.29) is 6.61 Å². The molecule has 0 spiro atoms. The van der Waals surface area contributed by atoms with Crippen LogP contribution in [0.3, 0.4) is 0 Å². The van der Waals surface area contributed by atoms with Gasteiger partial charge in [-0.05, 0) is 37.6 Å². The fourth-order valence-electron chi connectivity index (χ4n) is 2.39. The Kier molecular flexibility index (Phi) is 7.95. The Morgan fingerprint density at radius 2 is 1.81 bits per heavy atom. The predicted molar refractivity (Wildman–Crippen MR) is 105 cm³/mol. The van der Waals surface area contributed by atoms with Crippen LogP contribution in [0.1, 0.15) is 19.4 Å². The first kappa shape index (κ1) is 21.1. The summed E-state index contributed by atoms with van der Waals surface area (Å²) in [6.07, 6.45) is -0.545. The Balaban J connectivity index is 2.05. The number of hydrogen-bond donors (Lipinski definition) is 1. The maximum Gasteiger partial charge on any atom is 0.328 e. The quantitative estimate of drug-likeness (QED) is 0.667. The molecule has 1 N–H and O–H groups in total. The lowest BCUT2D eigenvalue weighted by molar-refractivity contribution is -0.148. The van der Waals surface area contributed by atoms with Gasteiger partial charge in [-0.25, -0.2) is 4.79 Å². The first-order valence-corrected chi connectivity index (χ1v) is 9.29. The molecule has 0 saturated carbocycles. The van der Waals surface area contributed by atoms with Gasteiger partial charge >= 0.3 is 5.97 Å². The third-order valence-electron chi connectivity index (χ3n) is 3.74. The van der Waals surface area contributed by atoms with Crippen molar-refractivity contribution in [1.82, 2.24) is 5.32 Å². The van der Waals surface area contributed by atoms with Crippen LogP contribution in [0.25, 0.3) is 0 Å². The van der Waals surface area contributed by atoms with Gasteiger partial charge < -0.3 is 14.8 Å². The van der Waals surface area contributed by atoms with E-state index in [1.54, 1.807) is 26.0 Å². The second-order valence-corrected chi connectivity index (χ2v) is 6.68. The van der Waals surface area contributed by atoms with Crippen molar-refractivity contribution in [1.29, 1.82) is 0 Å². The van der Waals surface area contributed by atoms with Gasteiger partial charge in [0.15, 0.2) is 6.10 Å². The topological polar surface area (TPSA) is 64.6 Å². The molecule has 27 heavy (non-hydrogen) atoms. The summed E-state index contributed by atoms with van der Waals surface area (Å²) in [5, 5.41) is 3.46. The molecule has 5 nitrogen and oxygen atoms in total. The molecule has 2 aromatic carbocycles. The highest BCUT2D eigenvalue weighted by Gasteiger charge is 2.26. The number of amides is 1. The van der Waals surface area contributed by atoms with Gasteiger partial charge in [0, 0.05) is 11.4 Å². The van der Waals surface area contributed by atoms with Gasteiger partial charge in [0.1, 0.15) is 11.8 Å². The molecular formula is C20H21Cl2NO4. The van der Waals surface area contributed by atoms with Crippen molar-refractivity contribution < 1.29 is 19.1 Å². The Morgan fingerprint density at radius 3 is 2.44 bits per heavy atom. The molecule has 2 atom stereocenters. The Bertz CT molecular complexity index is 783. The van der Waals surface area contributed by atoms with E-state index in [4.69, 9.17) is 32.7 Å². The van der Waals surface area contributed by atoms with Crippen LogP contribution >= 0.6 is 23.2 Å². The molecule has 2 rings (SSSR count). The van der Waals surface area contributed by atoms with E-state index in [1.807, 2.05) is 30.3 Å². The minimum atomic E-state index is -0.864. The second kappa shape index (κ2) is 10.2. The van der Waals surface area contributed by atoms with Gasteiger partial charge in [-0.3, -0.25) is 4.79 Å². The Morgan fingerprint density at radius 1 is 1.11 bits per heavy atom. The van der Waals surface area contributed by atoms with Crippen molar-refractivity contribution in [2.75, 3.05) is 6.61 Å². The molecule has 0 radical (unpaired) electrons. The summed E-state index contributed by atoms with van der Waals surface area (Å²) in [6.45, 7) is 3.52. The third kappa shape index (κ3) is 6.45. The minimum Gasteiger partial charge on any atom is -0.479 e. The summed E-state index contributed by atoms with van der Waals surface area (Å²) in [5.74, 6) is -0.610. The molecular weight excluding hydrogens is 389 g/mol. The number of carbonyl (C=O) groups excluding carboxylic acids is 2. The van der Waals surface area contributed by atoms with Gasteiger partial charge in [0.05, 0.1) is 11.6 Å². The van der Waals surface area contributed by atoms with Crippen molar-refractivity contribution in [2.45, 2.75) is 32.4 Å². The number of rotatable bonds is 8. The number of nitrogens with one attached hydrogen (secondary N) is 1. The maximum absolute atomic E-state index is 12.5. The van der Waals surface area contributed by atoms with E-state index in [9.17, 15) is 9.59 Å². The zero-order chi connectivity index (χ0) is 19.8. The molecule has 0 saturated heterocycles. The maximum atomic E-state index is 12.5. The lowest BCUT2D eigenvalue weighted by atomic mass is 10.1. The number of benzene rings is 2. The number of ether oxygens (including phenoxy) is 2. The minimum absolute atomic E-state index is 0.229. The summed E-state index contributed by atoms with van der Waals surface area (Å²) in [4.78, 5) is 24.8. The summed E-state index contributed by atoms with van der Waals surface area (Å²) < 4.78 is 10.7. The molecule has 0 aromatic heterocycles. The number of halogens is 2. The van der Waals surface area contributed by atoms with E-state index in [1.165, 1.54) is 6.07 Å². The monoisotopic (exact) mass is 409 g/mol. The summed E-state index contributed by atoms with van der Waals surface area (Å²) in [5.41, 5.74) is 0.908. The van der Waals surface area contributed by atoms with Gasteiger partial charge in [0.2, 0.25) is 0 Å². The van der Waals surface area contributed by atoms with Gasteiger partial charge in [-0.15, -0.1) is 0 Å². The zero-order valence-electron chi connectivity index (χ0n) is 15.1. The fourth-order valence-corrected chi connectivity index (χ4v) is 2.84. The first-order chi connectivity index (χ1) is 12.9. The van der Waals surface area contributed by atoms with Crippen LogP contribution in [0, 0.1) is 0 Å². The summed E-state index contributed by atoms with van der Waals surface area (Å²) in [6, 6.07) is 13.3. The largest absolute Gasteiger partial charge is 0.479 e. The molecule has 0 heterocycles. The molecule has 7 heteroatoms. The van der Waals surface area contributed by atoms with E-state index in [0.29, 0.717) is 22.2 Å². The van der Waals surface area contributed by atoms with Crippen LogP contribution in [0.2, 0.25) is 10.0 Å².